The number of sulfonamides is 1. The summed E-state index contributed by atoms with van der Waals surface area (Å²) in [6.45, 7) is 1.83. The maximum Gasteiger partial charge on any atom is 0.235 e. The summed E-state index contributed by atoms with van der Waals surface area (Å²) < 4.78 is 39.0. The van der Waals surface area contributed by atoms with Gasteiger partial charge in [0.1, 0.15) is 5.82 Å². The zero-order valence-corrected chi connectivity index (χ0v) is 9.85. The van der Waals surface area contributed by atoms with E-state index in [2.05, 4.69) is 4.72 Å². The fourth-order valence-corrected chi connectivity index (χ4v) is 2.91. The molecule has 2 rings (SSSR count). The highest BCUT2D eigenvalue weighted by molar-refractivity contribution is 7.93. The monoisotopic (exact) mass is 243 g/mol. The van der Waals surface area contributed by atoms with E-state index in [-0.39, 0.29) is 11.1 Å². The van der Waals surface area contributed by atoms with Gasteiger partial charge in [0.2, 0.25) is 10.0 Å². The molecule has 5 heteroatoms. The van der Waals surface area contributed by atoms with E-state index in [9.17, 15) is 12.8 Å². The van der Waals surface area contributed by atoms with Crippen molar-refractivity contribution in [1.82, 2.24) is 0 Å². The fourth-order valence-electron chi connectivity index (χ4n) is 1.54. The Hall–Kier alpha value is -1.10. The lowest BCUT2D eigenvalue weighted by molar-refractivity contribution is 0.599. The molecular formula is C11H14FNO2S. The normalized spacial score (nSPS) is 16.1. The average molecular weight is 243 g/mol. The Kier molecular flexibility index (Phi) is 2.88. The molecule has 16 heavy (non-hydrogen) atoms. The van der Waals surface area contributed by atoms with Gasteiger partial charge in [0.15, 0.2) is 0 Å². The Morgan fingerprint density at radius 3 is 2.69 bits per heavy atom. The van der Waals surface area contributed by atoms with Crippen LogP contribution in [0.15, 0.2) is 18.2 Å². The van der Waals surface area contributed by atoms with E-state index in [4.69, 9.17) is 0 Å². The predicted octanol–water partition coefficient (Wildman–Crippen LogP) is 2.29. The molecule has 1 N–H and O–H groups in total. The van der Waals surface area contributed by atoms with Crippen LogP contribution in [-0.2, 0) is 16.4 Å². The minimum atomic E-state index is -3.25. The third-order valence-electron chi connectivity index (χ3n) is 2.65. The number of halogens is 1. The van der Waals surface area contributed by atoms with Gasteiger partial charge in [0, 0.05) is 5.69 Å². The molecule has 0 unspecified atom stereocenters. The molecule has 0 aliphatic heterocycles. The van der Waals surface area contributed by atoms with E-state index in [0.717, 1.165) is 12.8 Å². The van der Waals surface area contributed by atoms with Gasteiger partial charge < -0.3 is 0 Å². The zero-order valence-electron chi connectivity index (χ0n) is 9.03. The smallest absolute Gasteiger partial charge is 0.235 e. The van der Waals surface area contributed by atoms with Crippen LogP contribution in [0, 0.1) is 5.82 Å². The van der Waals surface area contributed by atoms with Crippen molar-refractivity contribution in [3.05, 3.63) is 29.6 Å². The Morgan fingerprint density at radius 1 is 1.44 bits per heavy atom. The summed E-state index contributed by atoms with van der Waals surface area (Å²) in [5, 5.41) is -0.261. The highest BCUT2D eigenvalue weighted by Crippen LogP contribution is 2.30. The minimum Gasteiger partial charge on any atom is -0.283 e. The highest BCUT2D eigenvalue weighted by atomic mass is 32.2. The summed E-state index contributed by atoms with van der Waals surface area (Å²) in [6.07, 6.45) is 1.99. The van der Waals surface area contributed by atoms with Crippen LogP contribution in [-0.4, -0.2) is 13.7 Å². The standard InChI is InChI=1S/C11H14FNO2S/c1-2-8-7-9(3-6-11(8)12)13-16(14,15)10-4-5-10/h3,6-7,10,13H,2,4-5H2,1H3. The highest BCUT2D eigenvalue weighted by Gasteiger charge is 2.35. The minimum absolute atomic E-state index is 0.261. The second kappa shape index (κ2) is 4.05. The quantitative estimate of drug-likeness (QED) is 0.882. The van der Waals surface area contributed by atoms with Crippen molar-refractivity contribution in [3.8, 4) is 0 Å². The summed E-state index contributed by atoms with van der Waals surface area (Å²) >= 11 is 0. The van der Waals surface area contributed by atoms with Crippen LogP contribution in [0.1, 0.15) is 25.3 Å². The number of rotatable bonds is 4. The van der Waals surface area contributed by atoms with E-state index < -0.39 is 10.0 Å². The summed E-state index contributed by atoms with van der Waals surface area (Å²) in [7, 11) is -3.25. The third-order valence-corrected chi connectivity index (χ3v) is 4.52. The molecule has 0 aromatic heterocycles. The number of nitrogens with one attached hydrogen (secondary N) is 1. The largest absolute Gasteiger partial charge is 0.283 e. The van der Waals surface area contributed by atoms with Gasteiger partial charge in [0.05, 0.1) is 5.25 Å². The number of benzene rings is 1. The van der Waals surface area contributed by atoms with Crippen molar-refractivity contribution in [3.63, 3.8) is 0 Å². The average Bonchev–Trinajstić information content (AvgIpc) is 3.04. The molecule has 1 saturated carbocycles. The van der Waals surface area contributed by atoms with Crippen molar-refractivity contribution >= 4 is 15.7 Å². The molecule has 0 spiro atoms. The van der Waals surface area contributed by atoms with Gasteiger partial charge in [-0.2, -0.15) is 0 Å². The van der Waals surface area contributed by atoms with E-state index in [1.54, 1.807) is 6.07 Å². The number of aryl methyl sites for hydroxylation is 1. The Labute approximate surface area is 94.7 Å². The molecule has 88 valence electrons. The van der Waals surface area contributed by atoms with Crippen molar-refractivity contribution in [2.24, 2.45) is 0 Å². The van der Waals surface area contributed by atoms with E-state index in [0.29, 0.717) is 17.7 Å². The molecule has 1 fully saturated rings. The number of anilines is 1. The molecule has 0 atom stereocenters. The zero-order chi connectivity index (χ0) is 11.8. The molecule has 1 aliphatic rings. The first kappa shape index (κ1) is 11.4. The van der Waals surface area contributed by atoms with Crippen LogP contribution in [0.3, 0.4) is 0 Å². The maximum absolute atomic E-state index is 13.2. The summed E-state index contributed by atoms with van der Waals surface area (Å²) in [5.41, 5.74) is 0.973. The van der Waals surface area contributed by atoms with Crippen LogP contribution in [0.2, 0.25) is 0 Å². The molecule has 1 aromatic carbocycles. The first-order valence-corrected chi connectivity index (χ1v) is 6.87. The summed E-state index contributed by atoms with van der Waals surface area (Å²) in [5.74, 6) is -0.295. The maximum atomic E-state index is 13.2. The summed E-state index contributed by atoms with van der Waals surface area (Å²) in [6, 6.07) is 4.30. The van der Waals surface area contributed by atoms with Crippen LogP contribution in [0.4, 0.5) is 10.1 Å². The Morgan fingerprint density at radius 2 is 2.12 bits per heavy atom. The van der Waals surface area contributed by atoms with Gasteiger partial charge >= 0.3 is 0 Å². The van der Waals surface area contributed by atoms with Gasteiger partial charge in [-0.25, -0.2) is 12.8 Å². The Bertz CT molecular complexity index is 495. The fraction of sp³-hybridized carbons (Fsp3) is 0.455. The SMILES string of the molecule is CCc1cc(NS(=O)(=O)C2CC2)ccc1F. The van der Waals surface area contributed by atoms with E-state index in [1.807, 2.05) is 6.92 Å². The molecule has 0 saturated heterocycles. The number of hydrogen-bond acceptors (Lipinski definition) is 2. The second-order valence-electron chi connectivity index (χ2n) is 4.01. The topological polar surface area (TPSA) is 46.2 Å². The molecule has 0 bridgehead atoms. The lowest BCUT2D eigenvalue weighted by Crippen LogP contribution is -2.17. The van der Waals surface area contributed by atoms with Gasteiger partial charge in [0.25, 0.3) is 0 Å². The van der Waals surface area contributed by atoms with Gasteiger partial charge in [-0.15, -0.1) is 0 Å². The van der Waals surface area contributed by atoms with Gasteiger partial charge in [-0.3, -0.25) is 4.72 Å². The van der Waals surface area contributed by atoms with Crippen molar-refractivity contribution in [1.29, 1.82) is 0 Å². The van der Waals surface area contributed by atoms with Gasteiger partial charge in [-0.05, 0) is 43.0 Å². The molecule has 0 heterocycles. The van der Waals surface area contributed by atoms with Crippen LogP contribution < -0.4 is 4.72 Å². The lowest BCUT2D eigenvalue weighted by Gasteiger charge is -2.08. The van der Waals surface area contributed by atoms with Crippen molar-refractivity contribution in [2.45, 2.75) is 31.4 Å². The molecule has 0 radical (unpaired) electrons. The van der Waals surface area contributed by atoms with Gasteiger partial charge in [-0.1, -0.05) is 6.92 Å². The third kappa shape index (κ3) is 2.35. The predicted molar refractivity (Wildman–Crippen MR) is 61.3 cm³/mol. The van der Waals surface area contributed by atoms with Crippen molar-refractivity contribution < 1.29 is 12.8 Å². The van der Waals surface area contributed by atoms with Crippen LogP contribution in [0.5, 0.6) is 0 Å². The van der Waals surface area contributed by atoms with E-state index >= 15 is 0 Å². The molecule has 1 aromatic rings. The molecule has 0 amide bonds. The van der Waals surface area contributed by atoms with Crippen molar-refractivity contribution in [2.75, 3.05) is 4.72 Å². The molecular weight excluding hydrogens is 229 g/mol. The van der Waals surface area contributed by atoms with E-state index in [1.165, 1.54) is 12.1 Å². The van der Waals surface area contributed by atoms with Crippen LogP contribution in [0.25, 0.3) is 0 Å². The first-order chi connectivity index (χ1) is 7.53. The molecule has 3 nitrogen and oxygen atoms in total. The Balaban J connectivity index is 2.21. The van der Waals surface area contributed by atoms with Crippen LogP contribution >= 0.6 is 0 Å². The first-order valence-electron chi connectivity index (χ1n) is 5.33. The number of hydrogen-bond donors (Lipinski definition) is 1. The lowest BCUT2D eigenvalue weighted by atomic mass is 10.1. The second-order valence-corrected chi connectivity index (χ2v) is 5.97. The summed E-state index contributed by atoms with van der Waals surface area (Å²) in [4.78, 5) is 0. The molecule has 1 aliphatic carbocycles.